The fraction of sp³-hybridized carbons (Fsp3) is 0.316. The van der Waals surface area contributed by atoms with Crippen molar-refractivity contribution >= 4 is 45.6 Å². The average Bonchev–Trinajstić information content (AvgIpc) is 2.86. The molecule has 2 unspecified atom stereocenters. The van der Waals surface area contributed by atoms with Gasteiger partial charge in [-0.05, 0) is 36.0 Å². The van der Waals surface area contributed by atoms with Gasteiger partial charge in [0.25, 0.3) is 5.56 Å². The van der Waals surface area contributed by atoms with Crippen LogP contribution in [0.5, 0.6) is 0 Å². The third-order valence-corrected chi connectivity index (χ3v) is 6.28. The lowest BCUT2D eigenvalue weighted by Crippen LogP contribution is -2.23. The average molecular weight is 406 g/mol. The summed E-state index contributed by atoms with van der Waals surface area (Å²) in [5, 5.41) is 4.47. The maximum Gasteiger partial charge on any atom is 0.291 e. The lowest BCUT2D eigenvalue weighted by molar-refractivity contribution is 0.585. The summed E-state index contributed by atoms with van der Waals surface area (Å²) < 4.78 is 2.29. The molecule has 4 rings (SSSR count). The van der Waals surface area contributed by atoms with Crippen LogP contribution >= 0.6 is 34.5 Å². The second-order valence-corrected chi connectivity index (χ2v) is 9.29. The van der Waals surface area contributed by atoms with Gasteiger partial charge in [-0.1, -0.05) is 78.2 Å². The molecule has 0 spiro atoms. The Bertz CT molecular complexity index is 1120. The number of aryl methyl sites for hydroxylation is 1. The Kier molecular flexibility index (Phi) is 4.21. The van der Waals surface area contributed by atoms with Crippen LogP contribution in [0.2, 0.25) is 0 Å². The predicted molar refractivity (Wildman–Crippen MR) is 107 cm³/mol. The highest BCUT2D eigenvalue weighted by molar-refractivity contribution is 7.15. The minimum atomic E-state index is -0.134. The Labute approximate surface area is 164 Å². The largest absolute Gasteiger partial charge is 0.291 e. The molecule has 0 bridgehead atoms. The number of rotatable bonds is 3. The molecule has 7 heteroatoms. The molecule has 0 aliphatic heterocycles. The van der Waals surface area contributed by atoms with Crippen molar-refractivity contribution in [2.45, 2.75) is 26.7 Å². The molecule has 1 aliphatic carbocycles. The molecule has 3 aromatic rings. The topological polar surface area (TPSA) is 47.3 Å². The molecule has 2 aromatic heterocycles. The van der Waals surface area contributed by atoms with E-state index < -0.39 is 0 Å². The van der Waals surface area contributed by atoms with Crippen molar-refractivity contribution in [3.63, 3.8) is 0 Å². The third kappa shape index (κ3) is 2.98. The first kappa shape index (κ1) is 17.7. The van der Waals surface area contributed by atoms with Crippen molar-refractivity contribution < 1.29 is 0 Å². The molecule has 0 saturated heterocycles. The quantitative estimate of drug-likeness (QED) is 0.659. The van der Waals surface area contributed by atoms with Crippen LogP contribution in [-0.4, -0.2) is 14.6 Å². The summed E-state index contributed by atoms with van der Waals surface area (Å²) in [7, 11) is 0. The normalized spacial score (nSPS) is 22.0. The molecule has 1 fully saturated rings. The highest BCUT2D eigenvalue weighted by atomic mass is 35.5. The summed E-state index contributed by atoms with van der Waals surface area (Å²) >= 11 is 13.0. The van der Waals surface area contributed by atoms with Gasteiger partial charge in [0.1, 0.15) is 4.49 Å². The van der Waals surface area contributed by atoms with Gasteiger partial charge < -0.3 is 0 Å². The third-order valence-electron chi connectivity index (χ3n) is 5.07. The van der Waals surface area contributed by atoms with Crippen molar-refractivity contribution in [3.05, 3.63) is 66.7 Å². The van der Waals surface area contributed by atoms with E-state index in [0.29, 0.717) is 15.3 Å². The number of allylic oxidation sites excluding steroid dienone is 1. The SMILES string of the molecule is Cc1ccc(C=c2sc3nc(C4C(C=C(Cl)Cl)C4(C)C)nn3c2=O)cc1. The molecule has 0 N–H and O–H groups in total. The molecular formula is C19H17Cl2N3OS. The lowest BCUT2D eigenvalue weighted by Gasteiger charge is -1.97. The number of aromatic nitrogens is 3. The molecule has 2 atom stereocenters. The van der Waals surface area contributed by atoms with Gasteiger partial charge in [-0.2, -0.15) is 4.52 Å². The van der Waals surface area contributed by atoms with E-state index in [0.717, 1.165) is 5.56 Å². The van der Waals surface area contributed by atoms with E-state index >= 15 is 0 Å². The van der Waals surface area contributed by atoms with E-state index in [1.54, 1.807) is 0 Å². The van der Waals surface area contributed by atoms with Crippen LogP contribution in [0.25, 0.3) is 11.0 Å². The fourth-order valence-electron chi connectivity index (χ4n) is 3.41. The highest BCUT2D eigenvalue weighted by Gasteiger charge is 2.59. The van der Waals surface area contributed by atoms with Crippen LogP contribution in [0.3, 0.4) is 0 Å². The molecule has 4 nitrogen and oxygen atoms in total. The first-order valence-corrected chi connectivity index (χ1v) is 9.85. The summed E-state index contributed by atoms with van der Waals surface area (Å²) in [6.45, 7) is 6.28. The number of fused-ring (bicyclic) bond motifs is 1. The van der Waals surface area contributed by atoms with Crippen molar-refractivity contribution in [2.24, 2.45) is 11.3 Å². The number of benzene rings is 1. The van der Waals surface area contributed by atoms with Crippen molar-refractivity contribution in [1.82, 2.24) is 14.6 Å². The molecule has 1 saturated carbocycles. The number of nitrogens with zero attached hydrogens (tertiary/aromatic N) is 3. The van der Waals surface area contributed by atoms with Gasteiger partial charge in [0, 0.05) is 5.92 Å². The number of thiazole rings is 1. The van der Waals surface area contributed by atoms with Gasteiger partial charge in [0.2, 0.25) is 4.96 Å². The molecule has 2 heterocycles. The van der Waals surface area contributed by atoms with Crippen LogP contribution in [0.4, 0.5) is 0 Å². The van der Waals surface area contributed by atoms with Crippen molar-refractivity contribution in [2.75, 3.05) is 0 Å². The van der Waals surface area contributed by atoms with Crippen molar-refractivity contribution in [1.29, 1.82) is 0 Å². The summed E-state index contributed by atoms with van der Waals surface area (Å²) in [6.07, 6.45) is 3.71. The van der Waals surface area contributed by atoms with E-state index in [9.17, 15) is 4.79 Å². The van der Waals surface area contributed by atoms with Crippen LogP contribution < -0.4 is 10.1 Å². The summed E-state index contributed by atoms with van der Waals surface area (Å²) in [4.78, 5) is 17.9. The van der Waals surface area contributed by atoms with Gasteiger partial charge in [0.15, 0.2) is 5.82 Å². The monoisotopic (exact) mass is 405 g/mol. The lowest BCUT2D eigenvalue weighted by atomic mass is 10.1. The van der Waals surface area contributed by atoms with Gasteiger partial charge in [-0.25, -0.2) is 4.98 Å². The summed E-state index contributed by atoms with van der Waals surface area (Å²) in [5.74, 6) is 0.973. The summed E-state index contributed by atoms with van der Waals surface area (Å²) in [5.41, 5.74) is 2.02. The van der Waals surface area contributed by atoms with E-state index in [1.165, 1.54) is 21.4 Å². The Balaban J connectivity index is 1.72. The predicted octanol–water partition coefficient (Wildman–Crippen LogP) is 4.07. The molecule has 1 aromatic carbocycles. The summed E-state index contributed by atoms with van der Waals surface area (Å²) in [6, 6.07) is 8.04. The second-order valence-electron chi connectivity index (χ2n) is 7.27. The maximum absolute atomic E-state index is 12.7. The van der Waals surface area contributed by atoms with Crippen LogP contribution in [0.1, 0.15) is 36.7 Å². The van der Waals surface area contributed by atoms with Crippen molar-refractivity contribution in [3.8, 4) is 0 Å². The second kappa shape index (κ2) is 6.19. The molecular weight excluding hydrogens is 389 g/mol. The zero-order valence-corrected chi connectivity index (χ0v) is 16.9. The van der Waals surface area contributed by atoms with Crippen LogP contribution in [0.15, 0.2) is 39.6 Å². The van der Waals surface area contributed by atoms with E-state index in [-0.39, 0.29) is 27.3 Å². The zero-order chi connectivity index (χ0) is 18.6. The molecule has 134 valence electrons. The van der Waals surface area contributed by atoms with Gasteiger partial charge in [-0.3, -0.25) is 4.79 Å². The van der Waals surface area contributed by atoms with E-state index in [1.807, 2.05) is 43.3 Å². The Hall–Kier alpha value is -1.69. The first-order chi connectivity index (χ1) is 12.3. The smallest absolute Gasteiger partial charge is 0.266 e. The maximum atomic E-state index is 12.7. The standard InChI is InChI=1S/C19H17Cl2N3OS/c1-10-4-6-11(7-5-10)8-13-17(25)24-18(26-13)22-16(23-24)15-12(9-14(20)21)19(15,2)3/h4-9,12,15H,1-3H3. The molecule has 26 heavy (non-hydrogen) atoms. The number of hydrogen-bond acceptors (Lipinski definition) is 4. The van der Waals surface area contributed by atoms with Gasteiger partial charge in [-0.15, -0.1) is 5.10 Å². The van der Waals surface area contributed by atoms with E-state index in [2.05, 4.69) is 23.9 Å². The highest BCUT2D eigenvalue weighted by Crippen LogP contribution is 2.64. The Morgan fingerprint density at radius 1 is 1.27 bits per heavy atom. The fourth-order valence-corrected chi connectivity index (χ4v) is 4.60. The molecule has 0 amide bonds. The zero-order valence-electron chi connectivity index (χ0n) is 14.5. The number of halogens is 2. The van der Waals surface area contributed by atoms with E-state index in [4.69, 9.17) is 23.2 Å². The minimum Gasteiger partial charge on any atom is -0.266 e. The first-order valence-electron chi connectivity index (χ1n) is 8.28. The number of hydrogen-bond donors (Lipinski definition) is 0. The molecule has 1 aliphatic rings. The Morgan fingerprint density at radius 3 is 2.58 bits per heavy atom. The Morgan fingerprint density at radius 2 is 1.96 bits per heavy atom. The minimum absolute atomic E-state index is 0.0219. The van der Waals surface area contributed by atoms with Gasteiger partial charge in [0.05, 0.1) is 4.53 Å². The van der Waals surface area contributed by atoms with Gasteiger partial charge >= 0.3 is 0 Å². The van der Waals surface area contributed by atoms with Crippen LogP contribution in [0, 0.1) is 18.3 Å². The van der Waals surface area contributed by atoms with Crippen LogP contribution in [-0.2, 0) is 0 Å². The molecule has 0 radical (unpaired) electrons.